The summed E-state index contributed by atoms with van der Waals surface area (Å²) in [6.45, 7) is 3.73. The quantitative estimate of drug-likeness (QED) is 0.208. The predicted molar refractivity (Wildman–Crippen MR) is 126 cm³/mol. The molecule has 0 fully saturated rings. The third-order valence-electron chi connectivity index (χ3n) is 3.56. The molecule has 3 N–H and O–H groups in total. The molecule has 0 spiro atoms. The maximum atomic E-state index is 11.5. The molecule has 28 heavy (non-hydrogen) atoms. The van der Waals surface area contributed by atoms with Gasteiger partial charge in [-0.3, -0.25) is 4.72 Å². The zero-order valence-corrected chi connectivity index (χ0v) is 19.7. The minimum atomic E-state index is -3.34. The molecule has 7 nitrogen and oxygen atoms in total. The van der Waals surface area contributed by atoms with Crippen molar-refractivity contribution in [1.82, 2.24) is 15.6 Å². The number of aliphatic imine (C=N–C) groups is 1. The van der Waals surface area contributed by atoms with E-state index in [1.54, 1.807) is 24.4 Å². The Hall–Kier alpha value is -1.59. The molecule has 0 aliphatic rings. The van der Waals surface area contributed by atoms with Crippen LogP contribution in [-0.4, -0.2) is 38.7 Å². The highest BCUT2D eigenvalue weighted by molar-refractivity contribution is 14.0. The van der Waals surface area contributed by atoms with Gasteiger partial charge in [0.2, 0.25) is 10.0 Å². The van der Waals surface area contributed by atoms with E-state index in [4.69, 9.17) is 11.6 Å². The number of hydrogen-bond acceptors (Lipinski definition) is 4. The molecule has 0 amide bonds. The van der Waals surface area contributed by atoms with Crippen LogP contribution in [0.5, 0.6) is 0 Å². The number of sulfonamides is 1. The van der Waals surface area contributed by atoms with Crippen LogP contribution < -0.4 is 15.4 Å². The van der Waals surface area contributed by atoms with Gasteiger partial charge in [-0.1, -0.05) is 35.9 Å². The summed E-state index contributed by atoms with van der Waals surface area (Å²) in [6, 6.07) is 10.9. The highest BCUT2D eigenvalue weighted by atomic mass is 127. The minimum absolute atomic E-state index is 0. The normalized spacial score (nSPS) is 11.5. The fourth-order valence-corrected chi connectivity index (χ4v) is 3.05. The van der Waals surface area contributed by atoms with Crippen molar-refractivity contribution < 1.29 is 8.42 Å². The van der Waals surface area contributed by atoms with E-state index in [0.717, 1.165) is 30.3 Å². The van der Waals surface area contributed by atoms with Gasteiger partial charge < -0.3 is 10.6 Å². The van der Waals surface area contributed by atoms with E-state index >= 15 is 0 Å². The van der Waals surface area contributed by atoms with Crippen molar-refractivity contribution in [3.05, 3.63) is 58.9 Å². The van der Waals surface area contributed by atoms with Crippen LogP contribution in [0, 0.1) is 0 Å². The lowest BCUT2D eigenvalue weighted by atomic mass is 10.2. The highest BCUT2D eigenvalue weighted by Crippen LogP contribution is 2.17. The molecular formula is C18H25ClIN5O2S. The van der Waals surface area contributed by atoms with Crippen LogP contribution >= 0.6 is 35.6 Å². The number of halogens is 2. The van der Waals surface area contributed by atoms with Crippen LogP contribution in [0.3, 0.4) is 0 Å². The molecule has 0 atom stereocenters. The zero-order valence-electron chi connectivity index (χ0n) is 15.8. The standard InChI is InChI=1S/C18H24ClN5O2S.HI/c1-3-20-18(21-11-10-14-8-9-17(19)22-12-14)23-13-15-6-4-5-7-16(15)24-27(2,25)26;/h4-9,12,24H,3,10-11,13H2,1-2H3,(H2,20,21,23);1H. The largest absolute Gasteiger partial charge is 0.357 e. The molecule has 1 aromatic carbocycles. The molecule has 2 aromatic rings. The van der Waals surface area contributed by atoms with Crippen molar-refractivity contribution in [2.24, 2.45) is 4.99 Å². The monoisotopic (exact) mass is 537 g/mol. The molecule has 2 rings (SSSR count). The lowest BCUT2D eigenvalue weighted by Crippen LogP contribution is -2.38. The molecule has 10 heteroatoms. The molecule has 0 unspecified atom stereocenters. The fourth-order valence-electron chi connectivity index (χ4n) is 2.34. The number of nitrogens with zero attached hydrogens (tertiary/aromatic N) is 2. The van der Waals surface area contributed by atoms with E-state index in [0.29, 0.717) is 29.9 Å². The van der Waals surface area contributed by atoms with Crippen molar-refractivity contribution in [3.8, 4) is 0 Å². The van der Waals surface area contributed by atoms with Crippen molar-refractivity contribution >= 4 is 57.2 Å². The summed E-state index contributed by atoms with van der Waals surface area (Å²) in [6.07, 6.45) is 3.66. The first-order valence-corrected chi connectivity index (χ1v) is 10.8. The van der Waals surface area contributed by atoms with Gasteiger partial charge in [-0.15, -0.1) is 24.0 Å². The molecule has 0 radical (unpaired) electrons. The van der Waals surface area contributed by atoms with Crippen molar-refractivity contribution in [1.29, 1.82) is 0 Å². The molecule has 0 saturated heterocycles. The van der Waals surface area contributed by atoms with E-state index < -0.39 is 10.0 Å². The number of hydrogen-bond donors (Lipinski definition) is 3. The van der Waals surface area contributed by atoms with Crippen LogP contribution in [0.25, 0.3) is 0 Å². The molecular weight excluding hydrogens is 513 g/mol. The Balaban J connectivity index is 0.00000392. The van der Waals surface area contributed by atoms with E-state index in [9.17, 15) is 8.42 Å². The average molecular weight is 538 g/mol. The topological polar surface area (TPSA) is 95.5 Å². The lowest BCUT2D eigenvalue weighted by Gasteiger charge is -2.13. The van der Waals surface area contributed by atoms with Gasteiger partial charge in [0.15, 0.2) is 5.96 Å². The maximum Gasteiger partial charge on any atom is 0.229 e. The summed E-state index contributed by atoms with van der Waals surface area (Å²) in [5, 5.41) is 6.92. The molecule has 0 bridgehead atoms. The number of nitrogens with one attached hydrogen (secondary N) is 3. The van der Waals surface area contributed by atoms with Gasteiger partial charge in [0.25, 0.3) is 0 Å². The second kappa shape index (κ2) is 12.1. The van der Waals surface area contributed by atoms with Crippen LogP contribution in [0.1, 0.15) is 18.1 Å². The first-order chi connectivity index (χ1) is 12.9. The molecule has 154 valence electrons. The number of anilines is 1. The van der Waals surface area contributed by atoms with Gasteiger partial charge in [-0.2, -0.15) is 0 Å². The molecule has 1 heterocycles. The Morgan fingerprint density at radius 2 is 1.93 bits per heavy atom. The third kappa shape index (κ3) is 9.07. The Morgan fingerprint density at radius 3 is 2.57 bits per heavy atom. The second-order valence-electron chi connectivity index (χ2n) is 5.89. The first kappa shape index (κ1) is 24.4. The summed E-state index contributed by atoms with van der Waals surface area (Å²) in [5.41, 5.74) is 2.40. The molecule has 0 aliphatic carbocycles. The SMILES string of the molecule is CCNC(=NCc1ccccc1NS(C)(=O)=O)NCCc1ccc(Cl)nc1.I. The Morgan fingerprint density at radius 1 is 1.18 bits per heavy atom. The number of benzene rings is 1. The van der Waals surface area contributed by atoms with E-state index in [-0.39, 0.29) is 24.0 Å². The highest BCUT2D eigenvalue weighted by Gasteiger charge is 2.07. The summed E-state index contributed by atoms with van der Waals surface area (Å²) in [7, 11) is -3.34. The zero-order chi connectivity index (χ0) is 19.7. The second-order valence-corrected chi connectivity index (χ2v) is 8.03. The lowest BCUT2D eigenvalue weighted by molar-refractivity contribution is 0.606. The van der Waals surface area contributed by atoms with E-state index in [1.807, 2.05) is 25.1 Å². The van der Waals surface area contributed by atoms with Crippen molar-refractivity contribution in [2.75, 3.05) is 24.1 Å². The smallest absolute Gasteiger partial charge is 0.229 e. The summed E-state index contributed by atoms with van der Waals surface area (Å²) in [4.78, 5) is 8.61. The number of aromatic nitrogens is 1. The first-order valence-electron chi connectivity index (χ1n) is 8.55. The molecule has 0 aliphatic heterocycles. The van der Waals surface area contributed by atoms with Crippen LogP contribution in [0.4, 0.5) is 5.69 Å². The Kier molecular flexibility index (Phi) is 10.5. The summed E-state index contributed by atoms with van der Waals surface area (Å²) < 4.78 is 25.5. The number of guanidine groups is 1. The molecule has 0 saturated carbocycles. The summed E-state index contributed by atoms with van der Waals surface area (Å²) >= 11 is 5.79. The minimum Gasteiger partial charge on any atom is -0.357 e. The third-order valence-corrected chi connectivity index (χ3v) is 4.37. The van der Waals surface area contributed by atoms with E-state index in [2.05, 4.69) is 25.3 Å². The maximum absolute atomic E-state index is 11.5. The van der Waals surface area contributed by atoms with Gasteiger partial charge in [0.1, 0.15) is 5.15 Å². The van der Waals surface area contributed by atoms with Gasteiger partial charge in [0.05, 0.1) is 18.5 Å². The average Bonchev–Trinajstić information content (AvgIpc) is 2.61. The number of pyridine rings is 1. The van der Waals surface area contributed by atoms with Crippen LogP contribution in [0.15, 0.2) is 47.6 Å². The predicted octanol–water partition coefficient (Wildman–Crippen LogP) is 3.02. The van der Waals surface area contributed by atoms with Gasteiger partial charge >= 0.3 is 0 Å². The Labute approximate surface area is 188 Å². The number of rotatable bonds is 8. The molecule has 1 aromatic heterocycles. The van der Waals surface area contributed by atoms with Gasteiger partial charge in [-0.25, -0.2) is 18.4 Å². The van der Waals surface area contributed by atoms with Gasteiger partial charge in [0, 0.05) is 19.3 Å². The Bertz CT molecular complexity index is 876. The van der Waals surface area contributed by atoms with Crippen LogP contribution in [0.2, 0.25) is 5.15 Å². The van der Waals surface area contributed by atoms with Gasteiger partial charge in [-0.05, 0) is 36.6 Å². The van der Waals surface area contributed by atoms with E-state index in [1.165, 1.54) is 0 Å². The van der Waals surface area contributed by atoms with Crippen molar-refractivity contribution in [2.45, 2.75) is 19.9 Å². The summed E-state index contributed by atoms with van der Waals surface area (Å²) in [5.74, 6) is 0.661. The van der Waals surface area contributed by atoms with Crippen LogP contribution in [-0.2, 0) is 23.0 Å². The van der Waals surface area contributed by atoms with Crippen molar-refractivity contribution in [3.63, 3.8) is 0 Å². The fraction of sp³-hybridized carbons (Fsp3) is 0.333. The number of para-hydroxylation sites is 1.